The molecule has 0 aromatic carbocycles. The van der Waals surface area contributed by atoms with Crippen LogP contribution in [0.2, 0.25) is 0 Å². The zero-order valence-electron chi connectivity index (χ0n) is 16.9. The van der Waals surface area contributed by atoms with Crippen molar-refractivity contribution in [3.63, 3.8) is 0 Å². The van der Waals surface area contributed by atoms with Gasteiger partial charge in [0.1, 0.15) is 6.10 Å². The van der Waals surface area contributed by atoms with E-state index in [-0.39, 0.29) is 23.3 Å². The fourth-order valence-electron chi connectivity index (χ4n) is 7.96. The molecule has 0 aromatic rings. The number of esters is 1. The van der Waals surface area contributed by atoms with E-state index < -0.39 is 0 Å². The first-order chi connectivity index (χ1) is 12.9. The standard InChI is InChI=1S/C23H34O4/c1-14-12-20-18(17-5-4-16(13-19(14)17)27-15(2)24)6-8-22(3)21(20)7-9-23(22)25-10-11-26-23/h16-21H,1,4-13H2,2-3H3. The molecule has 0 radical (unpaired) electrons. The highest BCUT2D eigenvalue weighted by molar-refractivity contribution is 5.66. The van der Waals surface area contributed by atoms with E-state index in [9.17, 15) is 4.79 Å². The zero-order valence-corrected chi connectivity index (χ0v) is 16.9. The predicted octanol–water partition coefficient (Wildman–Crippen LogP) is 4.48. The molecule has 0 bridgehead atoms. The molecular weight excluding hydrogens is 340 g/mol. The Morgan fingerprint density at radius 3 is 2.59 bits per heavy atom. The third-order valence-electron chi connectivity index (χ3n) is 9.05. The lowest BCUT2D eigenvalue weighted by Crippen LogP contribution is -2.54. The lowest BCUT2D eigenvalue weighted by atomic mass is 9.49. The van der Waals surface area contributed by atoms with Crippen LogP contribution in [0.25, 0.3) is 0 Å². The molecule has 5 rings (SSSR count). The van der Waals surface area contributed by atoms with Gasteiger partial charge in [0.2, 0.25) is 0 Å². The third-order valence-corrected chi connectivity index (χ3v) is 9.05. The van der Waals surface area contributed by atoms with E-state index in [2.05, 4.69) is 13.5 Å². The van der Waals surface area contributed by atoms with Crippen molar-refractivity contribution >= 4 is 5.97 Å². The van der Waals surface area contributed by atoms with Crippen molar-refractivity contribution in [1.29, 1.82) is 0 Å². The first-order valence-electron chi connectivity index (χ1n) is 11.1. The summed E-state index contributed by atoms with van der Waals surface area (Å²) in [4.78, 5) is 11.4. The van der Waals surface area contributed by atoms with Crippen LogP contribution in [0.15, 0.2) is 12.2 Å². The lowest BCUT2D eigenvalue weighted by Gasteiger charge is -2.57. The third kappa shape index (κ3) is 2.58. The molecular formula is C23H34O4. The average molecular weight is 375 g/mol. The van der Waals surface area contributed by atoms with Crippen LogP contribution in [0.1, 0.15) is 65.2 Å². The SMILES string of the molecule is C=C1CC2C(CCC3(C)C2CCC32OCCO2)C2CCC(OC(C)=O)CC12. The first-order valence-corrected chi connectivity index (χ1v) is 11.1. The van der Waals surface area contributed by atoms with Crippen LogP contribution in [-0.2, 0) is 19.0 Å². The van der Waals surface area contributed by atoms with Gasteiger partial charge in [0.15, 0.2) is 5.79 Å². The second kappa shape index (κ2) is 6.32. The van der Waals surface area contributed by atoms with Crippen molar-refractivity contribution in [2.24, 2.45) is 35.0 Å². The van der Waals surface area contributed by atoms with E-state index in [1.165, 1.54) is 38.2 Å². The van der Waals surface area contributed by atoms with Crippen LogP contribution < -0.4 is 0 Å². The minimum atomic E-state index is -0.312. The van der Waals surface area contributed by atoms with E-state index in [1.807, 2.05) is 0 Å². The molecule has 1 saturated heterocycles. The zero-order chi connectivity index (χ0) is 18.8. The largest absolute Gasteiger partial charge is 0.463 e. The Morgan fingerprint density at radius 1 is 1.07 bits per heavy atom. The fourth-order valence-corrected chi connectivity index (χ4v) is 7.96. The van der Waals surface area contributed by atoms with Crippen molar-refractivity contribution in [1.82, 2.24) is 0 Å². The fraction of sp³-hybridized carbons (Fsp3) is 0.870. The monoisotopic (exact) mass is 374 g/mol. The summed E-state index contributed by atoms with van der Waals surface area (Å²) in [5.74, 6) is 3.05. The Balaban J connectivity index is 1.37. The van der Waals surface area contributed by atoms with Gasteiger partial charge in [0, 0.05) is 18.8 Å². The van der Waals surface area contributed by atoms with Gasteiger partial charge in [-0.1, -0.05) is 19.1 Å². The number of hydrogen-bond donors (Lipinski definition) is 0. The highest BCUT2D eigenvalue weighted by Crippen LogP contribution is 2.67. The van der Waals surface area contributed by atoms with Crippen LogP contribution in [0, 0.1) is 35.0 Å². The minimum absolute atomic E-state index is 0.0981. The topological polar surface area (TPSA) is 44.8 Å². The van der Waals surface area contributed by atoms with Gasteiger partial charge in [0.25, 0.3) is 0 Å². The number of carbonyl (C=O) groups excluding carboxylic acids is 1. The van der Waals surface area contributed by atoms with Gasteiger partial charge >= 0.3 is 5.97 Å². The summed E-state index contributed by atoms with van der Waals surface area (Å²) in [5, 5.41) is 0. The van der Waals surface area contributed by atoms with Crippen LogP contribution in [0.3, 0.4) is 0 Å². The van der Waals surface area contributed by atoms with Gasteiger partial charge < -0.3 is 14.2 Å². The Bertz CT molecular complexity index is 636. The summed E-state index contributed by atoms with van der Waals surface area (Å²) in [5.41, 5.74) is 1.57. The Labute approximate surface area is 163 Å². The van der Waals surface area contributed by atoms with Gasteiger partial charge in [-0.3, -0.25) is 4.79 Å². The van der Waals surface area contributed by atoms with Crippen LogP contribution in [0.4, 0.5) is 0 Å². The second-order valence-corrected chi connectivity index (χ2v) is 10.1. The molecule has 5 fully saturated rings. The van der Waals surface area contributed by atoms with E-state index in [4.69, 9.17) is 14.2 Å². The first kappa shape index (κ1) is 18.2. The summed E-state index contributed by atoms with van der Waals surface area (Å²) >= 11 is 0. The Hall–Kier alpha value is -0.870. The Morgan fingerprint density at radius 2 is 1.85 bits per heavy atom. The second-order valence-electron chi connectivity index (χ2n) is 10.1. The van der Waals surface area contributed by atoms with Crippen molar-refractivity contribution in [2.45, 2.75) is 77.1 Å². The number of rotatable bonds is 1. The number of fused-ring (bicyclic) bond motifs is 6. The molecule has 4 saturated carbocycles. The molecule has 4 nitrogen and oxygen atoms in total. The Kier molecular flexibility index (Phi) is 4.25. The highest BCUT2D eigenvalue weighted by Gasteiger charge is 2.66. The minimum Gasteiger partial charge on any atom is -0.463 e. The molecule has 4 aliphatic carbocycles. The van der Waals surface area contributed by atoms with Gasteiger partial charge in [-0.05, 0) is 74.5 Å². The van der Waals surface area contributed by atoms with Crippen molar-refractivity contribution < 1.29 is 19.0 Å². The molecule has 150 valence electrons. The molecule has 7 unspecified atom stereocenters. The average Bonchev–Trinajstić information content (AvgIpc) is 3.22. The number of carbonyl (C=O) groups is 1. The van der Waals surface area contributed by atoms with Gasteiger partial charge in [-0.2, -0.15) is 0 Å². The highest BCUT2D eigenvalue weighted by atomic mass is 16.7. The maximum Gasteiger partial charge on any atom is 0.302 e. The predicted molar refractivity (Wildman–Crippen MR) is 102 cm³/mol. The van der Waals surface area contributed by atoms with Crippen LogP contribution in [-0.4, -0.2) is 31.1 Å². The summed E-state index contributed by atoms with van der Waals surface area (Å²) in [7, 11) is 0. The maximum absolute atomic E-state index is 11.4. The summed E-state index contributed by atoms with van der Waals surface area (Å²) < 4.78 is 18.1. The van der Waals surface area contributed by atoms with E-state index >= 15 is 0 Å². The lowest BCUT2D eigenvalue weighted by molar-refractivity contribution is -0.242. The van der Waals surface area contributed by atoms with Crippen LogP contribution >= 0.6 is 0 Å². The van der Waals surface area contributed by atoms with Gasteiger partial charge in [0.05, 0.1) is 13.2 Å². The maximum atomic E-state index is 11.4. The van der Waals surface area contributed by atoms with Gasteiger partial charge in [-0.25, -0.2) is 0 Å². The number of allylic oxidation sites excluding steroid dienone is 1. The van der Waals surface area contributed by atoms with Crippen molar-refractivity contribution in [2.75, 3.05) is 13.2 Å². The summed E-state index contributed by atoms with van der Waals surface area (Å²) in [6.45, 7) is 10.0. The molecule has 0 aromatic heterocycles. The quantitative estimate of drug-likeness (QED) is 0.501. The van der Waals surface area contributed by atoms with E-state index in [1.54, 1.807) is 0 Å². The smallest absolute Gasteiger partial charge is 0.302 e. The van der Waals surface area contributed by atoms with E-state index in [0.717, 1.165) is 56.7 Å². The molecule has 1 spiro atoms. The number of ether oxygens (including phenoxy) is 3. The molecule has 1 heterocycles. The van der Waals surface area contributed by atoms with Crippen LogP contribution in [0.5, 0.6) is 0 Å². The molecule has 0 N–H and O–H groups in total. The summed E-state index contributed by atoms with van der Waals surface area (Å²) in [6.07, 6.45) is 9.26. The van der Waals surface area contributed by atoms with E-state index in [0.29, 0.717) is 11.8 Å². The molecule has 7 atom stereocenters. The van der Waals surface area contributed by atoms with Crippen molar-refractivity contribution in [3.05, 3.63) is 12.2 Å². The number of hydrogen-bond acceptors (Lipinski definition) is 4. The summed E-state index contributed by atoms with van der Waals surface area (Å²) in [6, 6.07) is 0. The van der Waals surface area contributed by atoms with Gasteiger partial charge in [-0.15, -0.1) is 0 Å². The molecule has 5 aliphatic rings. The van der Waals surface area contributed by atoms with Crippen molar-refractivity contribution in [3.8, 4) is 0 Å². The molecule has 1 aliphatic heterocycles. The molecule has 4 heteroatoms. The molecule has 27 heavy (non-hydrogen) atoms. The normalized spacial score (nSPS) is 48.0. The molecule has 0 amide bonds.